The molecule has 2 heterocycles. The lowest BCUT2D eigenvalue weighted by atomic mass is 10.1. The molecular weight excluding hydrogens is 424 g/mol. The second kappa shape index (κ2) is 8.33. The van der Waals surface area contributed by atoms with E-state index in [2.05, 4.69) is 20.9 Å². The summed E-state index contributed by atoms with van der Waals surface area (Å²) < 4.78 is 6.91. The van der Waals surface area contributed by atoms with E-state index in [4.69, 9.17) is 4.74 Å². The number of benzene rings is 2. The first-order valence-corrected chi connectivity index (χ1v) is 10.5. The molecule has 1 aromatic heterocycles. The van der Waals surface area contributed by atoms with Crippen molar-refractivity contribution in [1.29, 1.82) is 0 Å². The van der Waals surface area contributed by atoms with Crippen molar-refractivity contribution in [2.75, 3.05) is 19.7 Å². The normalized spacial score (nSPS) is 17.1. The predicted octanol–water partition coefficient (Wildman–Crippen LogP) is 4.72. The Morgan fingerprint density at radius 2 is 1.96 bits per heavy atom. The average molecular weight is 443 g/mol. The first kappa shape index (κ1) is 18.3. The van der Waals surface area contributed by atoms with Crippen molar-refractivity contribution in [3.05, 3.63) is 75.7 Å². The molecule has 1 aliphatic heterocycles. The molecule has 2 aromatic carbocycles. The molecule has 0 aliphatic carbocycles. The Labute approximate surface area is 170 Å². The van der Waals surface area contributed by atoms with Crippen LogP contribution in [0.25, 0.3) is 10.6 Å². The molecule has 27 heavy (non-hydrogen) atoms. The molecule has 1 unspecified atom stereocenters. The van der Waals surface area contributed by atoms with Gasteiger partial charge in [0.15, 0.2) is 0 Å². The summed E-state index contributed by atoms with van der Waals surface area (Å²) in [5.41, 5.74) is 3.01. The van der Waals surface area contributed by atoms with Crippen LogP contribution >= 0.6 is 27.3 Å². The number of hydrogen-bond acceptors (Lipinski definition) is 4. The number of thiazole rings is 1. The van der Waals surface area contributed by atoms with Gasteiger partial charge in [-0.1, -0.05) is 58.4 Å². The summed E-state index contributed by atoms with van der Waals surface area (Å²) >= 11 is 5.03. The van der Waals surface area contributed by atoms with E-state index in [-0.39, 0.29) is 12.0 Å². The fourth-order valence-corrected chi connectivity index (χ4v) is 4.21. The molecule has 1 atom stereocenters. The zero-order chi connectivity index (χ0) is 18.6. The van der Waals surface area contributed by atoms with Gasteiger partial charge < -0.3 is 9.64 Å². The largest absolute Gasteiger partial charge is 0.370 e. The van der Waals surface area contributed by atoms with Crippen molar-refractivity contribution < 1.29 is 9.53 Å². The number of nitrogens with zero attached hydrogens (tertiary/aromatic N) is 2. The van der Waals surface area contributed by atoms with E-state index in [1.807, 2.05) is 64.9 Å². The number of amides is 1. The van der Waals surface area contributed by atoms with Crippen LogP contribution in [-0.2, 0) is 16.0 Å². The average Bonchev–Trinajstić information content (AvgIpc) is 3.18. The summed E-state index contributed by atoms with van der Waals surface area (Å²) in [6.07, 6.45) is 0.252. The number of aromatic nitrogens is 1. The van der Waals surface area contributed by atoms with Gasteiger partial charge in [0.05, 0.1) is 25.3 Å². The maximum absolute atomic E-state index is 12.8. The van der Waals surface area contributed by atoms with Gasteiger partial charge in [-0.05, 0) is 17.7 Å². The molecule has 6 heteroatoms. The van der Waals surface area contributed by atoms with Crippen LogP contribution in [0.1, 0.15) is 17.4 Å². The van der Waals surface area contributed by atoms with Gasteiger partial charge in [0.1, 0.15) is 11.1 Å². The summed E-state index contributed by atoms with van der Waals surface area (Å²) in [5.74, 6) is 0.102. The fourth-order valence-electron chi connectivity index (χ4n) is 3.12. The molecule has 0 radical (unpaired) electrons. The van der Waals surface area contributed by atoms with E-state index in [1.54, 1.807) is 11.3 Å². The van der Waals surface area contributed by atoms with E-state index in [0.29, 0.717) is 26.1 Å². The SMILES string of the molecule is O=C(Cc1csc(-c2ccccc2)n1)N1CCOC(c2ccc(Br)cc2)C1. The standard InChI is InChI=1S/C21H19BrN2O2S/c22-17-8-6-15(7-9-17)19-13-24(10-11-26-19)20(25)12-18-14-27-21(23-18)16-4-2-1-3-5-16/h1-9,14,19H,10-13H2. The van der Waals surface area contributed by atoms with Crippen LogP contribution in [0.5, 0.6) is 0 Å². The minimum atomic E-state index is -0.0777. The Balaban J connectivity index is 1.41. The van der Waals surface area contributed by atoms with Crippen LogP contribution < -0.4 is 0 Å². The smallest absolute Gasteiger partial charge is 0.228 e. The van der Waals surface area contributed by atoms with Crippen molar-refractivity contribution in [3.63, 3.8) is 0 Å². The van der Waals surface area contributed by atoms with Gasteiger partial charge in [-0.25, -0.2) is 4.98 Å². The predicted molar refractivity (Wildman–Crippen MR) is 111 cm³/mol. The minimum Gasteiger partial charge on any atom is -0.370 e. The van der Waals surface area contributed by atoms with Crippen LogP contribution in [0.15, 0.2) is 64.5 Å². The second-order valence-electron chi connectivity index (χ2n) is 6.44. The summed E-state index contributed by atoms with van der Waals surface area (Å²) in [6.45, 7) is 1.76. The summed E-state index contributed by atoms with van der Waals surface area (Å²) in [6, 6.07) is 18.1. The summed E-state index contributed by atoms with van der Waals surface area (Å²) in [5, 5.41) is 2.93. The van der Waals surface area contributed by atoms with Gasteiger partial charge in [0.25, 0.3) is 0 Å². The highest BCUT2D eigenvalue weighted by Gasteiger charge is 2.25. The van der Waals surface area contributed by atoms with E-state index < -0.39 is 0 Å². The lowest BCUT2D eigenvalue weighted by Gasteiger charge is -2.33. The summed E-state index contributed by atoms with van der Waals surface area (Å²) in [7, 11) is 0. The molecule has 1 aliphatic rings. The molecule has 3 aromatic rings. The maximum Gasteiger partial charge on any atom is 0.228 e. The number of halogens is 1. The van der Waals surface area contributed by atoms with E-state index >= 15 is 0 Å². The van der Waals surface area contributed by atoms with E-state index in [1.165, 1.54) is 0 Å². The number of carbonyl (C=O) groups excluding carboxylic acids is 1. The molecular formula is C21H19BrN2O2S. The minimum absolute atomic E-state index is 0.0777. The van der Waals surface area contributed by atoms with Gasteiger partial charge >= 0.3 is 0 Å². The fraction of sp³-hybridized carbons (Fsp3) is 0.238. The number of carbonyl (C=O) groups is 1. The van der Waals surface area contributed by atoms with Crippen LogP contribution in [-0.4, -0.2) is 35.5 Å². The molecule has 4 rings (SSSR count). The van der Waals surface area contributed by atoms with Crippen molar-refractivity contribution in [3.8, 4) is 10.6 Å². The third kappa shape index (κ3) is 4.46. The molecule has 1 amide bonds. The van der Waals surface area contributed by atoms with Crippen LogP contribution in [0.3, 0.4) is 0 Å². The number of morpholine rings is 1. The quantitative estimate of drug-likeness (QED) is 0.587. The van der Waals surface area contributed by atoms with Crippen molar-refractivity contribution >= 4 is 33.2 Å². The molecule has 138 valence electrons. The van der Waals surface area contributed by atoms with Crippen LogP contribution in [0, 0.1) is 0 Å². The topological polar surface area (TPSA) is 42.4 Å². The summed E-state index contributed by atoms with van der Waals surface area (Å²) in [4.78, 5) is 19.3. The first-order chi connectivity index (χ1) is 13.2. The maximum atomic E-state index is 12.8. The number of rotatable bonds is 4. The third-order valence-corrected chi connectivity index (χ3v) is 6.03. The van der Waals surface area contributed by atoms with Gasteiger partial charge in [0.2, 0.25) is 5.91 Å². The van der Waals surface area contributed by atoms with Gasteiger partial charge in [-0.3, -0.25) is 4.79 Å². The van der Waals surface area contributed by atoms with E-state index in [0.717, 1.165) is 26.3 Å². The van der Waals surface area contributed by atoms with Crippen molar-refractivity contribution in [2.45, 2.75) is 12.5 Å². The highest BCUT2D eigenvalue weighted by Crippen LogP contribution is 2.26. The zero-order valence-electron chi connectivity index (χ0n) is 14.7. The molecule has 0 N–H and O–H groups in total. The third-order valence-electron chi connectivity index (χ3n) is 4.57. The number of hydrogen-bond donors (Lipinski definition) is 0. The zero-order valence-corrected chi connectivity index (χ0v) is 17.1. The first-order valence-electron chi connectivity index (χ1n) is 8.84. The van der Waals surface area contributed by atoms with Gasteiger partial charge in [-0.15, -0.1) is 11.3 Å². The van der Waals surface area contributed by atoms with Crippen molar-refractivity contribution in [2.24, 2.45) is 0 Å². The van der Waals surface area contributed by atoms with Crippen LogP contribution in [0.2, 0.25) is 0 Å². The number of ether oxygens (including phenoxy) is 1. The molecule has 1 fully saturated rings. The highest BCUT2D eigenvalue weighted by atomic mass is 79.9. The Morgan fingerprint density at radius 1 is 1.19 bits per heavy atom. The highest BCUT2D eigenvalue weighted by molar-refractivity contribution is 9.10. The van der Waals surface area contributed by atoms with Crippen LogP contribution in [0.4, 0.5) is 0 Å². The Kier molecular flexibility index (Phi) is 5.66. The molecule has 0 spiro atoms. The lowest BCUT2D eigenvalue weighted by Crippen LogP contribution is -2.43. The van der Waals surface area contributed by atoms with E-state index in [9.17, 15) is 4.79 Å². The second-order valence-corrected chi connectivity index (χ2v) is 8.21. The molecule has 1 saturated heterocycles. The molecule has 0 bridgehead atoms. The van der Waals surface area contributed by atoms with Gasteiger partial charge in [-0.2, -0.15) is 0 Å². The Hall–Kier alpha value is -2.02. The lowest BCUT2D eigenvalue weighted by molar-refractivity contribution is -0.138. The molecule has 0 saturated carbocycles. The monoisotopic (exact) mass is 442 g/mol. The Morgan fingerprint density at radius 3 is 2.74 bits per heavy atom. The van der Waals surface area contributed by atoms with Gasteiger partial charge in [0, 0.05) is 22.0 Å². The molecule has 4 nitrogen and oxygen atoms in total. The Bertz CT molecular complexity index is 911. The van der Waals surface area contributed by atoms with Crippen molar-refractivity contribution in [1.82, 2.24) is 9.88 Å².